The summed E-state index contributed by atoms with van der Waals surface area (Å²) in [5, 5.41) is 18.6. The van der Waals surface area contributed by atoms with E-state index in [1.165, 1.54) is 17.2 Å². The number of halogens is 2. The second-order valence-electron chi connectivity index (χ2n) is 4.27. The summed E-state index contributed by atoms with van der Waals surface area (Å²) < 4.78 is 20.6. The second-order valence-corrected chi connectivity index (χ2v) is 4.27. The fraction of sp³-hybridized carbons (Fsp3) is 0.500. The molecule has 1 aliphatic rings. The minimum absolute atomic E-state index is 0. The predicted octanol–water partition coefficient (Wildman–Crippen LogP) is -0.581. The molecule has 1 fully saturated rings. The number of hydrogen-bond acceptors (Lipinski definition) is 7. The number of fused-ring (bicyclic) bond motifs is 1. The Morgan fingerprint density at radius 1 is 1.40 bits per heavy atom. The van der Waals surface area contributed by atoms with E-state index in [4.69, 9.17) is 15.6 Å². The molecule has 2 aromatic rings. The average Bonchev–Trinajstić information content (AvgIpc) is 2.94. The van der Waals surface area contributed by atoms with Gasteiger partial charge in [-0.15, -0.1) is 12.4 Å². The standard InChI is InChI=1S/C10H12FN5O3.ClH/c11-5-7(18)4(1-17)19-10(5)16-3-15-6-8(12)13-2-14-9(6)16;/h2-5,7,10,17-18H,1H2,(H2,12,13,14);1H/t4-,5-,7-,10-;/m1./s1. The maximum absolute atomic E-state index is 14.0. The van der Waals surface area contributed by atoms with E-state index in [0.717, 1.165) is 0 Å². The van der Waals surface area contributed by atoms with E-state index in [1.807, 2.05) is 0 Å². The van der Waals surface area contributed by atoms with Crippen LogP contribution in [0.25, 0.3) is 11.2 Å². The van der Waals surface area contributed by atoms with Gasteiger partial charge in [-0.05, 0) is 0 Å². The zero-order valence-corrected chi connectivity index (χ0v) is 10.9. The molecule has 0 radical (unpaired) electrons. The van der Waals surface area contributed by atoms with E-state index in [2.05, 4.69) is 15.0 Å². The summed E-state index contributed by atoms with van der Waals surface area (Å²) in [6.07, 6.45) is -2.61. The molecule has 1 saturated heterocycles. The van der Waals surface area contributed by atoms with Gasteiger partial charge in [0.25, 0.3) is 0 Å². The molecule has 0 bridgehead atoms. The molecule has 2 aromatic heterocycles. The van der Waals surface area contributed by atoms with Crippen molar-refractivity contribution in [2.45, 2.75) is 24.6 Å². The van der Waals surface area contributed by atoms with Gasteiger partial charge in [0, 0.05) is 0 Å². The van der Waals surface area contributed by atoms with Gasteiger partial charge in [-0.25, -0.2) is 19.3 Å². The lowest BCUT2D eigenvalue weighted by atomic mass is 10.1. The van der Waals surface area contributed by atoms with Crippen LogP contribution in [0, 0.1) is 0 Å². The number of ether oxygens (including phenoxy) is 1. The third-order valence-electron chi connectivity index (χ3n) is 3.13. The van der Waals surface area contributed by atoms with Crippen LogP contribution >= 0.6 is 12.4 Å². The minimum Gasteiger partial charge on any atom is -0.394 e. The monoisotopic (exact) mass is 305 g/mol. The van der Waals surface area contributed by atoms with Crippen molar-refractivity contribution in [3.05, 3.63) is 12.7 Å². The highest BCUT2D eigenvalue weighted by molar-refractivity contribution is 5.85. The van der Waals surface area contributed by atoms with E-state index in [0.29, 0.717) is 11.2 Å². The molecule has 0 spiro atoms. The van der Waals surface area contributed by atoms with Crippen LogP contribution in [0.3, 0.4) is 0 Å². The highest BCUT2D eigenvalue weighted by atomic mass is 35.5. The molecule has 4 N–H and O–H groups in total. The third-order valence-corrected chi connectivity index (χ3v) is 3.13. The number of nitrogens with zero attached hydrogens (tertiary/aromatic N) is 4. The molecule has 110 valence electrons. The molecule has 0 amide bonds. The molecule has 10 heteroatoms. The minimum atomic E-state index is -1.69. The van der Waals surface area contributed by atoms with E-state index in [9.17, 15) is 9.50 Å². The van der Waals surface area contributed by atoms with Crippen LogP contribution in [-0.2, 0) is 4.74 Å². The number of rotatable bonds is 2. The molecule has 3 heterocycles. The SMILES string of the molecule is Cl.Nc1ncnc2c1ncn2[C@@H]1O[C@H](CO)[C@@H](O)[C@H]1F. The second kappa shape index (κ2) is 5.44. The van der Waals surface area contributed by atoms with Gasteiger partial charge in [0.2, 0.25) is 0 Å². The Morgan fingerprint density at radius 2 is 2.15 bits per heavy atom. The maximum Gasteiger partial charge on any atom is 0.173 e. The summed E-state index contributed by atoms with van der Waals surface area (Å²) in [7, 11) is 0. The molecule has 0 aromatic carbocycles. The number of imidazole rings is 1. The van der Waals surface area contributed by atoms with Gasteiger partial charge >= 0.3 is 0 Å². The third kappa shape index (κ3) is 2.08. The highest BCUT2D eigenvalue weighted by Gasteiger charge is 2.45. The Hall–Kier alpha value is -1.55. The highest BCUT2D eigenvalue weighted by Crippen LogP contribution is 2.33. The first-order valence-corrected chi connectivity index (χ1v) is 5.65. The Morgan fingerprint density at radius 3 is 2.80 bits per heavy atom. The molecule has 20 heavy (non-hydrogen) atoms. The summed E-state index contributed by atoms with van der Waals surface area (Å²) in [5.41, 5.74) is 6.28. The first-order chi connectivity index (χ1) is 9.13. The maximum atomic E-state index is 14.0. The van der Waals surface area contributed by atoms with Crippen LogP contribution in [0.2, 0.25) is 0 Å². The van der Waals surface area contributed by atoms with Crippen LogP contribution < -0.4 is 5.73 Å². The smallest absolute Gasteiger partial charge is 0.173 e. The molecule has 0 unspecified atom stereocenters. The number of aliphatic hydroxyl groups excluding tert-OH is 2. The first-order valence-electron chi connectivity index (χ1n) is 5.65. The zero-order valence-electron chi connectivity index (χ0n) is 10.1. The van der Waals surface area contributed by atoms with Crippen LogP contribution in [0.1, 0.15) is 6.23 Å². The lowest BCUT2D eigenvalue weighted by molar-refractivity contribution is -0.0459. The van der Waals surface area contributed by atoms with Crippen molar-refractivity contribution in [2.24, 2.45) is 0 Å². The fourth-order valence-corrected chi connectivity index (χ4v) is 2.13. The van der Waals surface area contributed by atoms with Gasteiger partial charge in [0.15, 0.2) is 23.9 Å². The molecule has 4 atom stereocenters. The quantitative estimate of drug-likeness (QED) is 0.679. The van der Waals surface area contributed by atoms with Gasteiger partial charge < -0.3 is 20.7 Å². The Bertz CT molecular complexity index is 612. The number of anilines is 1. The summed E-state index contributed by atoms with van der Waals surface area (Å²) in [6, 6.07) is 0. The van der Waals surface area contributed by atoms with Crippen molar-refractivity contribution in [3.63, 3.8) is 0 Å². The van der Waals surface area contributed by atoms with Gasteiger partial charge in [-0.3, -0.25) is 4.57 Å². The van der Waals surface area contributed by atoms with Crippen molar-refractivity contribution in [1.82, 2.24) is 19.5 Å². The van der Waals surface area contributed by atoms with Crippen LogP contribution in [0.5, 0.6) is 0 Å². The molecule has 0 aliphatic carbocycles. The molecular formula is C10H13ClFN5O3. The molecule has 8 nitrogen and oxygen atoms in total. The summed E-state index contributed by atoms with van der Waals surface area (Å²) in [6.45, 7) is -0.470. The molecular weight excluding hydrogens is 293 g/mol. The number of hydrogen-bond donors (Lipinski definition) is 3. The topological polar surface area (TPSA) is 119 Å². The number of nitrogen functional groups attached to an aromatic ring is 1. The van der Waals surface area contributed by atoms with Crippen LogP contribution in [0.4, 0.5) is 10.2 Å². The summed E-state index contributed by atoms with van der Waals surface area (Å²) in [5.74, 6) is 0.177. The number of alkyl halides is 1. The van der Waals surface area contributed by atoms with E-state index in [1.54, 1.807) is 0 Å². The lowest BCUT2D eigenvalue weighted by Gasteiger charge is -2.14. The van der Waals surface area contributed by atoms with Gasteiger partial charge in [0.05, 0.1) is 12.9 Å². The van der Waals surface area contributed by atoms with Gasteiger partial charge in [0.1, 0.15) is 24.1 Å². The normalized spacial score (nSPS) is 29.6. The number of nitrogens with two attached hydrogens (primary N) is 1. The molecule has 1 aliphatic heterocycles. The van der Waals surface area contributed by atoms with Crippen molar-refractivity contribution in [2.75, 3.05) is 12.3 Å². The van der Waals surface area contributed by atoms with Gasteiger partial charge in [-0.2, -0.15) is 0 Å². The lowest BCUT2D eigenvalue weighted by Crippen LogP contribution is -2.30. The summed E-state index contributed by atoms with van der Waals surface area (Å²) >= 11 is 0. The summed E-state index contributed by atoms with van der Waals surface area (Å²) in [4.78, 5) is 11.8. The van der Waals surface area contributed by atoms with Crippen LogP contribution in [-0.4, -0.2) is 54.7 Å². The van der Waals surface area contributed by atoms with Crippen LogP contribution in [0.15, 0.2) is 12.7 Å². The number of aliphatic hydroxyl groups is 2. The van der Waals surface area contributed by atoms with Crippen molar-refractivity contribution >= 4 is 29.4 Å². The van der Waals surface area contributed by atoms with E-state index in [-0.39, 0.29) is 18.2 Å². The van der Waals surface area contributed by atoms with Gasteiger partial charge in [-0.1, -0.05) is 0 Å². The van der Waals surface area contributed by atoms with Crippen molar-refractivity contribution in [3.8, 4) is 0 Å². The molecule has 3 rings (SSSR count). The van der Waals surface area contributed by atoms with E-state index < -0.39 is 31.2 Å². The van der Waals surface area contributed by atoms with Crippen molar-refractivity contribution < 1.29 is 19.3 Å². The Labute approximate surface area is 118 Å². The van der Waals surface area contributed by atoms with Crippen molar-refractivity contribution in [1.29, 1.82) is 0 Å². The average molecular weight is 306 g/mol. The molecule has 0 saturated carbocycles. The Kier molecular flexibility index (Phi) is 4.04. The zero-order chi connectivity index (χ0) is 13.6. The first kappa shape index (κ1) is 14.9. The largest absolute Gasteiger partial charge is 0.394 e. The number of aromatic nitrogens is 4. The predicted molar refractivity (Wildman–Crippen MR) is 68.9 cm³/mol. The fourth-order valence-electron chi connectivity index (χ4n) is 2.13. The Balaban J connectivity index is 0.00000147. The van der Waals surface area contributed by atoms with E-state index >= 15 is 0 Å².